The van der Waals surface area contributed by atoms with Gasteiger partial charge in [-0.05, 0) is 19.8 Å². The van der Waals surface area contributed by atoms with Crippen molar-refractivity contribution in [3.05, 3.63) is 17.6 Å². The maximum atomic E-state index is 4.47. The van der Waals surface area contributed by atoms with Gasteiger partial charge >= 0.3 is 0 Å². The van der Waals surface area contributed by atoms with Crippen molar-refractivity contribution in [2.24, 2.45) is 0 Å². The van der Waals surface area contributed by atoms with Crippen molar-refractivity contribution in [2.75, 3.05) is 12.4 Å². The molecule has 0 aliphatic rings. The molecule has 2 aromatic heterocycles. The first-order valence-corrected chi connectivity index (χ1v) is 6.15. The van der Waals surface area contributed by atoms with E-state index in [9.17, 15) is 0 Å². The Morgan fingerprint density at radius 1 is 1.29 bits per heavy atom. The first-order valence-electron chi connectivity index (χ1n) is 6.15. The number of anilines is 1. The zero-order valence-corrected chi connectivity index (χ0v) is 10.7. The number of nitrogens with zero attached hydrogens (tertiary/aromatic N) is 4. The van der Waals surface area contributed by atoms with Crippen LogP contribution in [0.4, 0.5) is 5.95 Å². The van der Waals surface area contributed by atoms with Gasteiger partial charge in [0.1, 0.15) is 5.82 Å². The number of aryl methyl sites for hydroxylation is 2. The second-order valence-corrected chi connectivity index (χ2v) is 4.21. The molecule has 0 atom stereocenters. The third-order valence-electron chi connectivity index (χ3n) is 2.83. The number of unbranched alkanes of at least 4 members (excludes halogenated alkanes) is 2. The molecule has 5 heteroatoms. The topological polar surface area (TPSA) is 55.1 Å². The van der Waals surface area contributed by atoms with Crippen molar-refractivity contribution >= 4 is 11.6 Å². The Hall–Kier alpha value is -1.65. The van der Waals surface area contributed by atoms with E-state index < -0.39 is 0 Å². The highest BCUT2D eigenvalue weighted by Gasteiger charge is 2.09. The minimum Gasteiger partial charge on any atom is -0.357 e. The minimum atomic E-state index is 0.745. The molecular formula is C12H19N5. The molecule has 0 bridgehead atoms. The van der Waals surface area contributed by atoms with Crippen LogP contribution >= 0.6 is 0 Å². The molecule has 0 spiro atoms. The highest BCUT2D eigenvalue weighted by Crippen LogP contribution is 2.15. The van der Waals surface area contributed by atoms with Crippen LogP contribution in [0.25, 0.3) is 5.65 Å². The lowest BCUT2D eigenvalue weighted by Crippen LogP contribution is -2.06. The molecule has 0 unspecified atom stereocenters. The predicted molar refractivity (Wildman–Crippen MR) is 68.3 cm³/mol. The van der Waals surface area contributed by atoms with E-state index in [1.54, 1.807) is 4.52 Å². The second kappa shape index (κ2) is 5.12. The van der Waals surface area contributed by atoms with Gasteiger partial charge in [0.05, 0.1) is 6.20 Å². The number of hydrogen-bond acceptors (Lipinski definition) is 4. The van der Waals surface area contributed by atoms with E-state index >= 15 is 0 Å². The fourth-order valence-electron chi connectivity index (χ4n) is 1.93. The number of nitrogens with one attached hydrogen (secondary N) is 1. The lowest BCUT2D eigenvalue weighted by atomic mass is 10.1. The van der Waals surface area contributed by atoms with Crippen LogP contribution in [0.1, 0.15) is 37.6 Å². The van der Waals surface area contributed by atoms with Gasteiger partial charge in [0.15, 0.2) is 5.65 Å². The zero-order valence-electron chi connectivity index (χ0n) is 10.7. The van der Waals surface area contributed by atoms with Gasteiger partial charge in [-0.15, -0.1) is 0 Å². The largest absolute Gasteiger partial charge is 0.357 e. The van der Waals surface area contributed by atoms with Gasteiger partial charge in [0.25, 0.3) is 0 Å². The summed E-state index contributed by atoms with van der Waals surface area (Å²) in [6.45, 7) is 4.12. The van der Waals surface area contributed by atoms with Crippen molar-refractivity contribution < 1.29 is 0 Å². The van der Waals surface area contributed by atoms with E-state index in [1.165, 1.54) is 24.8 Å². The number of aromatic nitrogens is 4. The van der Waals surface area contributed by atoms with Gasteiger partial charge in [-0.1, -0.05) is 19.8 Å². The number of rotatable bonds is 5. The van der Waals surface area contributed by atoms with Gasteiger partial charge in [-0.3, -0.25) is 0 Å². The van der Waals surface area contributed by atoms with Gasteiger partial charge in [-0.25, -0.2) is 4.98 Å². The second-order valence-electron chi connectivity index (χ2n) is 4.21. The first kappa shape index (κ1) is 11.8. The summed E-state index contributed by atoms with van der Waals surface area (Å²) in [6.07, 6.45) is 6.61. The minimum absolute atomic E-state index is 0.745. The summed E-state index contributed by atoms with van der Waals surface area (Å²) < 4.78 is 1.77. The molecule has 2 heterocycles. The van der Waals surface area contributed by atoms with E-state index in [1.807, 2.05) is 20.2 Å². The quantitative estimate of drug-likeness (QED) is 0.804. The van der Waals surface area contributed by atoms with Crippen LogP contribution in [0.3, 0.4) is 0 Å². The van der Waals surface area contributed by atoms with Crippen LogP contribution in [0.5, 0.6) is 0 Å². The van der Waals surface area contributed by atoms with E-state index in [0.717, 1.165) is 23.8 Å². The monoisotopic (exact) mass is 233 g/mol. The maximum Gasteiger partial charge on any atom is 0.227 e. The summed E-state index contributed by atoms with van der Waals surface area (Å²) in [5.74, 6) is 1.52. The smallest absolute Gasteiger partial charge is 0.227 e. The Morgan fingerprint density at radius 3 is 2.82 bits per heavy atom. The molecule has 2 rings (SSSR count). The van der Waals surface area contributed by atoms with Crippen LogP contribution in [-0.4, -0.2) is 26.6 Å². The Kier molecular flexibility index (Phi) is 3.56. The Morgan fingerprint density at radius 2 is 2.12 bits per heavy atom. The van der Waals surface area contributed by atoms with Crippen LogP contribution in [0.15, 0.2) is 6.20 Å². The molecular weight excluding hydrogens is 214 g/mol. The third kappa shape index (κ3) is 2.38. The van der Waals surface area contributed by atoms with Gasteiger partial charge in [0.2, 0.25) is 5.95 Å². The summed E-state index contributed by atoms with van der Waals surface area (Å²) >= 11 is 0. The summed E-state index contributed by atoms with van der Waals surface area (Å²) in [5, 5.41) is 7.38. The van der Waals surface area contributed by atoms with Crippen molar-refractivity contribution in [1.29, 1.82) is 0 Å². The van der Waals surface area contributed by atoms with Crippen LogP contribution in [0.2, 0.25) is 0 Å². The number of fused-ring (bicyclic) bond motifs is 1. The molecule has 0 aliphatic heterocycles. The average Bonchev–Trinajstić information content (AvgIpc) is 2.72. The summed E-state index contributed by atoms with van der Waals surface area (Å²) in [6, 6.07) is 0. The van der Waals surface area contributed by atoms with Crippen molar-refractivity contribution in [3.8, 4) is 0 Å². The predicted octanol–water partition coefficient (Wildman–Crippen LogP) is 2.21. The molecule has 17 heavy (non-hydrogen) atoms. The lowest BCUT2D eigenvalue weighted by molar-refractivity contribution is 0.718. The van der Waals surface area contributed by atoms with Gasteiger partial charge < -0.3 is 5.32 Å². The molecule has 1 N–H and O–H groups in total. The number of hydrogen-bond donors (Lipinski definition) is 1. The van der Waals surface area contributed by atoms with E-state index in [4.69, 9.17) is 0 Å². The van der Waals surface area contributed by atoms with Gasteiger partial charge in [0, 0.05) is 12.6 Å². The average molecular weight is 233 g/mol. The fourth-order valence-corrected chi connectivity index (χ4v) is 1.93. The van der Waals surface area contributed by atoms with E-state index in [-0.39, 0.29) is 0 Å². The van der Waals surface area contributed by atoms with Crippen LogP contribution < -0.4 is 5.32 Å². The molecule has 0 radical (unpaired) electrons. The Bertz CT molecular complexity index is 503. The maximum absolute atomic E-state index is 4.47. The molecule has 0 saturated carbocycles. The van der Waals surface area contributed by atoms with Gasteiger partial charge in [-0.2, -0.15) is 14.6 Å². The Labute approximate surface area is 101 Å². The molecule has 0 amide bonds. The Balaban J connectivity index is 2.35. The molecule has 0 aliphatic carbocycles. The molecule has 5 nitrogen and oxygen atoms in total. The fraction of sp³-hybridized carbons (Fsp3) is 0.583. The normalized spacial score (nSPS) is 11.0. The van der Waals surface area contributed by atoms with Crippen LogP contribution in [0, 0.1) is 6.92 Å². The third-order valence-corrected chi connectivity index (χ3v) is 2.83. The SMILES string of the molecule is CCCCCc1cnn2c(NC)nc(C)nc12. The van der Waals surface area contributed by atoms with Crippen LogP contribution in [-0.2, 0) is 6.42 Å². The molecule has 0 fully saturated rings. The summed E-state index contributed by atoms with van der Waals surface area (Å²) in [4.78, 5) is 8.78. The van der Waals surface area contributed by atoms with E-state index in [0.29, 0.717) is 0 Å². The van der Waals surface area contributed by atoms with E-state index in [2.05, 4.69) is 27.3 Å². The lowest BCUT2D eigenvalue weighted by Gasteiger charge is -2.04. The molecule has 2 aromatic rings. The van der Waals surface area contributed by atoms with Crippen molar-refractivity contribution in [3.63, 3.8) is 0 Å². The molecule has 0 saturated heterocycles. The highest BCUT2D eigenvalue weighted by molar-refractivity contribution is 5.50. The molecule has 92 valence electrons. The highest BCUT2D eigenvalue weighted by atomic mass is 15.3. The van der Waals surface area contributed by atoms with Crippen molar-refractivity contribution in [1.82, 2.24) is 19.6 Å². The molecule has 0 aromatic carbocycles. The van der Waals surface area contributed by atoms with Crippen molar-refractivity contribution in [2.45, 2.75) is 39.5 Å². The summed E-state index contributed by atoms with van der Waals surface area (Å²) in [7, 11) is 1.85. The summed E-state index contributed by atoms with van der Waals surface area (Å²) in [5.41, 5.74) is 2.14. The first-order chi connectivity index (χ1) is 8.26. The zero-order chi connectivity index (χ0) is 12.3. The standard InChI is InChI=1S/C12H19N5/c1-4-5-6-7-10-8-14-17-11(10)15-9(2)16-12(17)13-3/h8H,4-7H2,1-3H3,(H,13,15,16).